The predicted octanol–water partition coefficient (Wildman–Crippen LogP) is 6.50. The van der Waals surface area contributed by atoms with Crippen molar-refractivity contribution in [3.05, 3.63) is 127 Å². The van der Waals surface area contributed by atoms with E-state index in [-0.39, 0.29) is 119 Å². The molecule has 1 atom stereocenters. The number of rotatable bonds is 19. The van der Waals surface area contributed by atoms with Crippen LogP contribution in [0.15, 0.2) is 77.8 Å². The first kappa shape index (κ1) is 56.1. The lowest BCUT2D eigenvalue weighted by molar-refractivity contribution is -0.137. The Kier molecular flexibility index (Phi) is 15.9. The van der Waals surface area contributed by atoms with Crippen molar-refractivity contribution < 1.29 is 68.5 Å². The average molecular weight is 1130 g/mol. The Morgan fingerprint density at radius 3 is 2.21 bits per heavy atom. The van der Waals surface area contributed by atoms with Gasteiger partial charge in [-0.15, -0.1) is 23.1 Å². The van der Waals surface area contributed by atoms with Crippen LogP contribution in [0.5, 0.6) is 40.2 Å². The van der Waals surface area contributed by atoms with Crippen LogP contribution in [0.2, 0.25) is 0 Å². The van der Waals surface area contributed by atoms with Gasteiger partial charge in [-0.1, -0.05) is 39.5 Å². The molecule has 3 aliphatic rings. The zero-order chi connectivity index (χ0) is 57.4. The molecule has 1 aromatic heterocycles. The lowest BCUT2D eigenvalue weighted by Gasteiger charge is -2.36. The highest BCUT2D eigenvalue weighted by molar-refractivity contribution is 8.15. The van der Waals surface area contributed by atoms with Crippen LogP contribution in [-0.4, -0.2) is 133 Å². The molecule has 20 nitrogen and oxygen atoms in total. The summed E-state index contributed by atoms with van der Waals surface area (Å²) in [6, 6.07) is 17.6. The largest absolute Gasteiger partial charge is 0.508 e. The number of benzene rings is 5. The molecule has 0 bridgehead atoms. The van der Waals surface area contributed by atoms with Gasteiger partial charge in [0, 0.05) is 126 Å². The number of aromatic hydroxyl groups is 4. The van der Waals surface area contributed by atoms with Crippen molar-refractivity contribution in [2.24, 2.45) is 4.99 Å². The number of nitrogens with zero attached hydrogens (tertiary/aromatic N) is 4. The number of aromatic nitrogens is 1. The van der Waals surface area contributed by atoms with Gasteiger partial charge in [0.1, 0.15) is 50.3 Å². The molecule has 7 N–H and O–H groups in total. The summed E-state index contributed by atoms with van der Waals surface area (Å²) >= 11 is 2.61. The molecule has 0 saturated carbocycles. The Labute approximate surface area is 467 Å². The SMILES string of the molecule is C=c1c(C)c(O)c(=C)c(C(C)(C)CC(=O)N(C)CCN(CCCCCC(=O)NCCNC(=O)c2ccc3c(c2)C(=O)OC32c3ccc(O)cc3Oc3cc(O)ccc32)C(=O)Oc2ccc3nc(C4=NC(C(=O)O)CS4)sc3c2)c1O. The quantitative estimate of drug-likeness (QED) is 0.0259. The minimum absolute atomic E-state index is 0.0715. The number of aliphatic imine (C=N–C) groups is 1. The maximum absolute atomic E-state index is 13.9. The van der Waals surface area contributed by atoms with Crippen molar-refractivity contribution >= 4 is 87.3 Å². The highest BCUT2D eigenvalue weighted by Gasteiger charge is 2.54. The summed E-state index contributed by atoms with van der Waals surface area (Å²) in [6.07, 6.45) is 0.900. The Bertz CT molecular complexity index is 3620. The number of unbranched alkanes of at least 4 members (excludes halogenated alkanes) is 2. The first-order valence-corrected chi connectivity index (χ1v) is 27.4. The molecule has 4 heterocycles. The number of thiazole rings is 1. The molecular weight excluding hydrogens is 1070 g/mol. The van der Waals surface area contributed by atoms with E-state index in [0.29, 0.717) is 73.1 Å². The third-order valence-electron chi connectivity index (χ3n) is 14.4. The number of phenolic OH excluding ortho intramolecular Hbond substituents is 4. The standard InChI is InChI=1S/C58H58N6O14S2/c1-30-31(2)50(70)48(32(3)49(30)69)57(4,5)28-47(68)63(6)22-23-64(56(75)76-36-14-18-41-45(27-36)80-53(61-41)52-62-42(29-79-52)54(72)73)21-9-7-8-10-46(67)59-19-20-60-51(71)33-11-15-38-37(24-33)55(74)78-58(38)39-16-12-34(65)25-43(39)77-44-26-35(66)13-17-40(44)58/h11-18,24-27,42,65-66,69-70H,2-3,7-10,19-23,28-29H2,1,4-6H3,(H,59,67)(H,60,71)(H,72,73). The predicted molar refractivity (Wildman–Crippen MR) is 300 cm³/mol. The number of carboxylic acid groups (broad SMARTS) is 1. The maximum Gasteiger partial charge on any atom is 0.415 e. The van der Waals surface area contributed by atoms with Crippen LogP contribution in [-0.2, 0) is 30.1 Å². The number of phenols is 4. The van der Waals surface area contributed by atoms with E-state index in [9.17, 15) is 54.3 Å². The topological polar surface area (TPSA) is 287 Å². The fraction of sp³-hybridized carbons (Fsp3) is 0.310. The third-order valence-corrected chi connectivity index (χ3v) is 16.6. The van der Waals surface area contributed by atoms with Crippen LogP contribution in [0.1, 0.15) is 99.5 Å². The van der Waals surface area contributed by atoms with Gasteiger partial charge in [-0.05, 0) is 68.3 Å². The number of likely N-dealkylation sites (N-methyl/N-ethyl adjacent to an activating group) is 1. The molecule has 0 radical (unpaired) electrons. The average Bonchev–Trinajstić information content (AvgIpc) is 4.30. The molecule has 1 unspecified atom stereocenters. The molecule has 9 rings (SSSR count). The summed E-state index contributed by atoms with van der Waals surface area (Å²) in [4.78, 5) is 90.8. The molecule has 5 aromatic carbocycles. The van der Waals surface area contributed by atoms with Crippen LogP contribution in [0, 0.1) is 6.92 Å². The fourth-order valence-corrected chi connectivity index (χ4v) is 12.1. The van der Waals surface area contributed by atoms with E-state index < -0.39 is 41.0 Å². The fourth-order valence-electron chi connectivity index (χ4n) is 10.0. The lowest BCUT2D eigenvalue weighted by Crippen LogP contribution is -2.42. The van der Waals surface area contributed by atoms with Gasteiger partial charge in [-0.25, -0.2) is 19.4 Å². The molecule has 3 aliphatic heterocycles. The molecule has 6 aromatic rings. The van der Waals surface area contributed by atoms with Gasteiger partial charge in [0.25, 0.3) is 5.91 Å². The number of carbonyl (C=O) groups is 6. The molecule has 1 spiro atoms. The van der Waals surface area contributed by atoms with E-state index in [1.54, 1.807) is 70.3 Å². The number of carboxylic acids is 1. The minimum Gasteiger partial charge on any atom is -0.508 e. The number of fused-ring (bicyclic) bond motifs is 7. The van der Waals surface area contributed by atoms with Crippen molar-refractivity contribution in [1.82, 2.24) is 25.4 Å². The number of amides is 4. The van der Waals surface area contributed by atoms with E-state index in [1.165, 1.54) is 63.2 Å². The smallest absolute Gasteiger partial charge is 0.415 e. The van der Waals surface area contributed by atoms with Crippen LogP contribution in [0.3, 0.4) is 0 Å². The van der Waals surface area contributed by atoms with Crippen molar-refractivity contribution in [2.75, 3.05) is 45.5 Å². The van der Waals surface area contributed by atoms with Gasteiger partial charge in [0.05, 0.1) is 15.8 Å². The molecular formula is C58H58N6O14S2. The van der Waals surface area contributed by atoms with Gasteiger partial charge in [0.2, 0.25) is 11.8 Å². The van der Waals surface area contributed by atoms with Gasteiger partial charge < -0.3 is 60.2 Å². The van der Waals surface area contributed by atoms with Crippen LogP contribution in [0.25, 0.3) is 23.4 Å². The van der Waals surface area contributed by atoms with Crippen LogP contribution >= 0.6 is 23.1 Å². The van der Waals surface area contributed by atoms with Gasteiger partial charge in [-0.2, -0.15) is 0 Å². The number of carbonyl (C=O) groups excluding carboxylic acids is 5. The van der Waals surface area contributed by atoms with E-state index in [2.05, 4.69) is 33.8 Å². The number of hydrogen-bond donors (Lipinski definition) is 7. The first-order chi connectivity index (χ1) is 38.1. The van der Waals surface area contributed by atoms with E-state index in [4.69, 9.17) is 14.2 Å². The van der Waals surface area contributed by atoms with Crippen LogP contribution < -0.4 is 30.5 Å². The molecule has 416 valence electrons. The second-order valence-corrected chi connectivity index (χ2v) is 22.4. The molecule has 0 aliphatic carbocycles. The Balaban J connectivity index is 0.784. The number of ether oxygens (including phenoxy) is 3. The lowest BCUT2D eigenvalue weighted by atomic mass is 9.77. The van der Waals surface area contributed by atoms with Gasteiger partial charge in [-0.3, -0.25) is 19.4 Å². The summed E-state index contributed by atoms with van der Waals surface area (Å²) in [5, 5.41) is 58.7. The van der Waals surface area contributed by atoms with Crippen LogP contribution in [0.4, 0.5) is 4.79 Å². The number of thioether (sulfide) groups is 1. The molecule has 4 amide bonds. The van der Waals surface area contributed by atoms with Gasteiger partial charge >= 0.3 is 18.0 Å². The summed E-state index contributed by atoms with van der Waals surface area (Å²) in [6.45, 7) is 13.6. The Morgan fingerprint density at radius 1 is 0.838 bits per heavy atom. The second kappa shape index (κ2) is 22.6. The normalized spacial score (nSPS) is 14.8. The molecule has 22 heteroatoms. The number of hydrogen-bond acceptors (Lipinski definition) is 17. The van der Waals surface area contributed by atoms with Crippen molar-refractivity contribution in [3.63, 3.8) is 0 Å². The van der Waals surface area contributed by atoms with Gasteiger partial charge in [0.15, 0.2) is 11.6 Å². The number of aliphatic carboxylic acids is 1. The third kappa shape index (κ3) is 11.2. The summed E-state index contributed by atoms with van der Waals surface area (Å²) in [7, 11) is 1.60. The Hall–Kier alpha value is -8.63. The molecule has 0 saturated heterocycles. The zero-order valence-electron chi connectivity index (χ0n) is 44.2. The van der Waals surface area contributed by atoms with E-state index in [1.807, 2.05) is 0 Å². The minimum atomic E-state index is -1.48. The highest BCUT2D eigenvalue weighted by atomic mass is 32.2. The molecule has 0 fully saturated rings. The van der Waals surface area contributed by atoms with E-state index in [0.717, 1.165) is 0 Å². The summed E-state index contributed by atoms with van der Waals surface area (Å²) in [5.41, 5.74) is 0.528. The monoisotopic (exact) mass is 1130 g/mol. The van der Waals surface area contributed by atoms with Crippen molar-refractivity contribution in [1.29, 1.82) is 0 Å². The number of esters is 1. The number of nitrogens with one attached hydrogen (secondary N) is 2. The first-order valence-electron chi connectivity index (χ1n) is 25.6. The highest BCUT2D eigenvalue weighted by Crippen LogP contribution is 2.57. The zero-order valence-corrected chi connectivity index (χ0v) is 45.8. The Morgan fingerprint density at radius 2 is 1.52 bits per heavy atom. The van der Waals surface area contributed by atoms with Crippen molar-refractivity contribution in [2.45, 2.75) is 69.9 Å². The summed E-state index contributed by atoms with van der Waals surface area (Å²) < 4.78 is 18.7. The molecule has 80 heavy (non-hydrogen) atoms. The van der Waals surface area contributed by atoms with E-state index >= 15 is 0 Å². The maximum atomic E-state index is 13.9. The second-order valence-electron chi connectivity index (χ2n) is 20.3. The van der Waals surface area contributed by atoms with Crippen molar-refractivity contribution in [3.8, 4) is 40.2 Å². The summed E-state index contributed by atoms with van der Waals surface area (Å²) in [5.74, 6) is -2.15.